The first-order valence-corrected chi connectivity index (χ1v) is 6.27. The van der Waals surface area contributed by atoms with Gasteiger partial charge in [0, 0.05) is 12.5 Å². The van der Waals surface area contributed by atoms with Crippen molar-refractivity contribution in [2.75, 3.05) is 5.32 Å². The standard InChI is InChI=1S/C12H20N4O2/c1-4-9-10(5-2)15-16-12(14-9)13-8(3)6-7-11(17)18/h8H,4-7H2,1-3H3,(H,17,18)(H,13,14,16). The van der Waals surface area contributed by atoms with Crippen LogP contribution in [0.25, 0.3) is 0 Å². The Morgan fingerprint density at radius 3 is 2.50 bits per heavy atom. The van der Waals surface area contributed by atoms with Crippen LogP contribution in [0.1, 0.15) is 45.0 Å². The van der Waals surface area contributed by atoms with Gasteiger partial charge in [-0.05, 0) is 26.2 Å². The molecule has 0 aromatic carbocycles. The van der Waals surface area contributed by atoms with Crippen molar-refractivity contribution in [3.8, 4) is 0 Å². The molecule has 0 amide bonds. The van der Waals surface area contributed by atoms with E-state index in [9.17, 15) is 4.79 Å². The van der Waals surface area contributed by atoms with Crippen LogP contribution in [0.15, 0.2) is 0 Å². The normalized spacial score (nSPS) is 12.2. The minimum Gasteiger partial charge on any atom is -0.481 e. The Bertz CT molecular complexity index is 409. The van der Waals surface area contributed by atoms with Crippen LogP contribution in [0.4, 0.5) is 5.95 Å². The predicted octanol–water partition coefficient (Wildman–Crippen LogP) is 1.66. The first-order valence-electron chi connectivity index (χ1n) is 6.27. The van der Waals surface area contributed by atoms with Crippen LogP contribution in [-0.4, -0.2) is 32.3 Å². The maximum absolute atomic E-state index is 10.5. The highest BCUT2D eigenvalue weighted by Gasteiger charge is 2.09. The molecule has 0 saturated heterocycles. The van der Waals surface area contributed by atoms with Crippen LogP contribution in [0.2, 0.25) is 0 Å². The smallest absolute Gasteiger partial charge is 0.303 e. The highest BCUT2D eigenvalue weighted by molar-refractivity contribution is 5.66. The average Bonchev–Trinajstić information content (AvgIpc) is 2.36. The maximum Gasteiger partial charge on any atom is 0.303 e. The Balaban J connectivity index is 2.64. The van der Waals surface area contributed by atoms with Crippen LogP contribution in [0.3, 0.4) is 0 Å². The van der Waals surface area contributed by atoms with E-state index in [0.717, 1.165) is 24.2 Å². The Morgan fingerprint density at radius 1 is 1.28 bits per heavy atom. The summed E-state index contributed by atoms with van der Waals surface area (Å²) >= 11 is 0. The molecule has 1 rings (SSSR count). The summed E-state index contributed by atoms with van der Waals surface area (Å²) in [7, 11) is 0. The lowest BCUT2D eigenvalue weighted by Crippen LogP contribution is -2.19. The first-order chi connectivity index (χ1) is 8.56. The zero-order chi connectivity index (χ0) is 13.5. The molecule has 0 aliphatic carbocycles. The summed E-state index contributed by atoms with van der Waals surface area (Å²) in [5.41, 5.74) is 1.86. The van der Waals surface area contributed by atoms with Crippen molar-refractivity contribution >= 4 is 11.9 Å². The lowest BCUT2D eigenvalue weighted by Gasteiger charge is -2.13. The quantitative estimate of drug-likeness (QED) is 0.767. The van der Waals surface area contributed by atoms with E-state index in [1.165, 1.54) is 0 Å². The number of nitrogens with one attached hydrogen (secondary N) is 1. The molecule has 1 aromatic heterocycles. The second-order valence-electron chi connectivity index (χ2n) is 4.21. The molecule has 1 atom stereocenters. The van der Waals surface area contributed by atoms with Crippen LogP contribution in [0.5, 0.6) is 0 Å². The van der Waals surface area contributed by atoms with Gasteiger partial charge in [0.15, 0.2) is 0 Å². The van der Waals surface area contributed by atoms with Crippen LogP contribution >= 0.6 is 0 Å². The fraction of sp³-hybridized carbons (Fsp3) is 0.667. The summed E-state index contributed by atoms with van der Waals surface area (Å²) in [5, 5.41) is 19.8. The van der Waals surface area contributed by atoms with Crippen molar-refractivity contribution in [3.05, 3.63) is 11.4 Å². The summed E-state index contributed by atoms with van der Waals surface area (Å²) in [6.07, 6.45) is 2.31. The van der Waals surface area contributed by atoms with Crippen molar-refractivity contribution in [3.63, 3.8) is 0 Å². The molecule has 0 spiro atoms. The molecule has 6 nitrogen and oxygen atoms in total. The Hall–Kier alpha value is -1.72. The molecule has 1 aromatic rings. The number of aryl methyl sites for hydroxylation is 2. The highest BCUT2D eigenvalue weighted by Crippen LogP contribution is 2.09. The number of aromatic nitrogens is 3. The second kappa shape index (κ2) is 6.88. The molecule has 0 bridgehead atoms. The molecule has 0 aliphatic heterocycles. The number of carboxylic acid groups (broad SMARTS) is 1. The zero-order valence-corrected chi connectivity index (χ0v) is 11.1. The number of rotatable bonds is 7. The van der Waals surface area contributed by atoms with Gasteiger partial charge in [-0.25, -0.2) is 4.98 Å². The Kier molecular flexibility index (Phi) is 5.48. The number of aliphatic carboxylic acids is 1. The molecule has 0 fully saturated rings. The number of hydrogen-bond donors (Lipinski definition) is 2. The average molecular weight is 252 g/mol. The Labute approximate surface area is 107 Å². The van der Waals surface area contributed by atoms with E-state index in [0.29, 0.717) is 12.4 Å². The fourth-order valence-corrected chi connectivity index (χ4v) is 1.63. The fourth-order valence-electron chi connectivity index (χ4n) is 1.63. The molecule has 18 heavy (non-hydrogen) atoms. The maximum atomic E-state index is 10.5. The van der Waals surface area contributed by atoms with Gasteiger partial charge in [0.1, 0.15) is 0 Å². The summed E-state index contributed by atoms with van der Waals surface area (Å²) in [4.78, 5) is 14.9. The van der Waals surface area contributed by atoms with Gasteiger partial charge in [-0.1, -0.05) is 13.8 Å². The molecule has 1 unspecified atom stereocenters. The summed E-state index contributed by atoms with van der Waals surface area (Å²) in [6.45, 7) is 5.96. The van der Waals surface area contributed by atoms with E-state index in [1.54, 1.807) is 0 Å². The third-order valence-electron chi connectivity index (χ3n) is 2.68. The highest BCUT2D eigenvalue weighted by atomic mass is 16.4. The number of nitrogens with zero attached hydrogens (tertiary/aromatic N) is 3. The topological polar surface area (TPSA) is 88.0 Å². The van der Waals surface area contributed by atoms with Gasteiger partial charge in [-0.3, -0.25) is 4.79 Å². The molecule has 1 heterocycles. The van der Waals surface area contributed by atoms with Gasteiger partial charge < -0.3 is 10.4 Å². The third-order valence-corrected chi connectivity index (χ3v) is 2.68. The van der Waals surface area contributed by atoms with Crippen LogP contribution < -0.4 is 5.32 Å². The summed E-state index contributed by atoms with van der Waals surface area (Å²) in [5.74, 6) is -0.319. The minimum atomic E-state index is -0.793. The second-order valence-corrected chi connectivity index (χ2v) is 4.21. The van der Waals surface area contributed by atoms with Gasteiger partial charge >= 0.3 is 5.97 Å². The molecular formula is C12H20N4O2. The van der Waals surface area contributed by atoms with E-state index in [2.05, 4.69) is 20.5 Å². The number of carboxylic acids is 1. The molecule has 6 heteroatoms. The van der Waals surface area contributed by atoms with Gasteiger partial charge in [0.2, 0.25) is 5.95 Å². The SMILES string of the molecule is CCc1nnc(NC(C)CCC(=O)O)nc1CC. The molecule has 100 valence electrons. The van der Waals surface area contributed by atoms with Crippen molar-refractivity contribution in [2.24, 2.45) is 0 Å². The van der Waals surface area contributed by atoms with Crippen molar-refractivity contribution in [1.29, 1.82) is 0 Å². The van der Waals surface area contributed by atoms with Crippen LogP contribution in [0, 0.1) is 0 Å². The van der Waals surface area contributed by atoms with Gasteiger partial charge in [0.05, 0.1) is 11.4 Å². The van der Waals surface area contributed by atoms with E-state index in [4.69, 9.17) is 5.11 Å². The van der Waals surface area contributed by atoms with Crippen molar-refractivity contribution in [2.45, 2.75) is 52.5 Å². The van der Waals surface area contributed by atoms with Gasteiger partial charge in [-0.15, -0.1) is 5.10 Å². The molecule has 0 saturated carbocycles. The molecule has 2 N–H and O–H groups in total. The first kappa shape index (κ1) is 14.3. The minimum absolute atomic E-state index is 0.0140. The number of anilines is 1. The van der Waals surface area contributed by atoms with Gasteiger partial charge in [-0.2, -0.15) is 5.10 Å². The van der Waals surface area contributed by atoms with E-state index in [1.807, 2.05) is 20.8 Å². The number of hydrogen-bond acceptors (Lipinski definition) is 5. The molecule has 0 radical (unpaired) electrons. The van der Waals surface area contributed by atoms with Gasteiger partial charge in [0.25, 0.3) is 0 Å². The third kappa shape index (κ3) is 4.27. The van der Waals surface area contributed by atoms with Crippen molar-refractivity contribution in [1.82, 2.24) is 15.2 Å². The number of carbonyl (C=O) groups is 1. The molecular weight excluding hydrogens is 232 g/mol. The van der Waals surface area contributed by atoms with Crippen LogP contribution in [-0.2, 0) is 17.6 Å². The largest absolute Gasteiger partial charge is 0.481 e. The monoisotopic (exact) mass is 252 g/mol. The van der Waals surface area contributed by atoms with E-state index in [-0.39, 0.29) is 12.5 Å². The predicted molar refractivity (Wildman–Crippen MR) is 68.5 cm³/mol. The lowest BCUT2D eigenvalue weighted by atomic mass is 10.2. The summed E-state index contributed by atoms with van der Waals surface area (Å²) in [6, 6.07) is 0.0140. The Morgan fingerprint density at radius 2 is 1.94 bits per heavy atom. The van der Waals surface area contributed by atoms with Crippen molar-refractivity contribution < 1.29 is 9.90 Å². The summed E-state index contributed by atoms with van der Waals surface area (Å²) < 4.78 is 0. The zero-order valence-electron chi connectivity index (χ0n) is 11.1. The lowest BCUT2D eigenvalue weighted by molar-refractivity contribution is -0.137. The van der Waals surface area contributed by atoms with E-state index >= 15 is 0 Å². The molecule has 0 aliphatic rings. The van der Waals surface area contributed by atoms with E-state index < -0.39 is 5.97 Å².